The molecule has 0 radical (unpaired) electrons. The first-order valence-corrected chi connectivity index (χ1v) is 6.11. The Bertz CT molecular complexity index is 649. The molecule has 0 aliphatic carbocycles. The van der Waals surface area contributed by atoms with E-state index in [2.05, 4.69) is 4.74 Å². The first kappa shape index (κ1) is 14.7. The van der Waals surface area contributed by atoms with E-state index in [1.54, 1.807) is 30.3 Å². The summed E-state index contributed by atoms with van der Waals surface area (Å²) in [5.74, 6) is -0.192. The number of allylic oxidation sites excluding steroid dienone is 1. The molecule has 0 amide bonds. The van der Waals surface area contributed by atoms with Crippen LogP contribution in [0.1, 0.15) is 15.9 Å². The van der Waals surface area contributed by atoms with Gasteiger partial charge in [-0.2, -0.15) is 8.78 Å². The van der Waals surface area contributed by atoms with Crippen LogP contribution in [-0.4, -0.2) is 17.5 Å². The Morgan fingerprint density at radius 2 is 1.86 bits per heavy atom. The maximum Gasteiger partial charge on any atom is 0.387 e. The first-order valence-electron chi connectivity index (χ1n) is 6.11. The fourth-order valence-corrected chi connectivity index (χ4v) is 1.69. The maximum absolute atomic E-state index is 12.0. The van der Waals surface area contributed by atoms with Crippen molar-refractivity contribution in [3.8, 4) is 11.5 Å². The Morgan fingerprint density at radius 3 is 2.48 bits per heavy atom. The zero-order valence-electron chi connectivity index (χ0n) is 10.9. The number of carbonyl (C=O) groups is 1. The molecule has 1 N–H and O–H groups in total. The number of hydrogen-bond donors (Lipinski definition) is 1. The molecule has 0 fully saturated rings. The van der Waals surface area contributed by atoms with Crippen LogP contribution in [0.3, 0.4) is 0 Å². The zero-order valence-corrected chi connectivity index (χ0v) is 10.9. The third-order valence-electron chi connectivity index (χ3n) is 2.66. The lowest BCUT2D eigenvalue weighted by Gasteiger charge is -2.03. The van der Waals surface area contributed by atoms with Gasteiger partial charge < -0.3 is 9.84 Å². The Kier molecular flexibility index (Phi) is 4.66. The molecule has 108 valence electrons. The molecule has 0 atom stereocenters. The number of aromatic hydroxyl groups is 1. The van der Waals surface area contributed by atoms with Crippen LogP contribution in [0.4, 0.5) is 8.78 Å². The second-order valence-corrected chi connectivity index (χ2v) is 4.20. The van der Waals surface area contributed by atoms with Gasteiger partial charge in [-0.05, 0) is 35.9 Å². The van der Waals surface area contributed by atoms with E-state index in [1.165, 1.54) is 30.3 Å². The topological polar surface area (TPSA) is 46.5 Å². The second kappa shape index (κ2) is 6.65. The number of halogens is 2. The van der Waals surface area contributed by atoms with E-state index in [-0.39, 0.29) is 17.3 Å². The van der Waals surface area contributed by atoms with Crippen LogP contribution < -0.4 is 4.74 Å². The van der Waals surface area contributed by atoms with Crippen LogP contribution >= 0.6 is 0 Å². The first-order chi connectivity index (χ1) is 10.0. The number of hydrogen-bond acceptors (Lipinski definition) is 3. The molecular weight excluding hydrogens is 278 g/mol. The van der Waals surface area contributed by atoms with Crippen LogP contribution in [0.25, 0.3) is 6.08 Å². The Hall–Kier alpha value is -2.69. The molecule has 0 spiro atoms. The van der Waals surface area contributed by atoms with Crippen molar-refractivity contribution in [2.75, 3.05) is 0 Å². The monoisotopic (exact) mass is 290 g/mol. The summed E-state index contributed by atoms with van der Waals surface area (Å²) in [4.78, 5) is 11.9. The van der Waals surface area contributed by atoms with E-state index in [4.69, 9.17) is 0 Å². The molecular formula is C16H12F2O3. The number of phenols is 1. The fraction of sp³-hybridized carbons (Fsp3) is 0.0625. The second-order valence-electron chi connectivity index (χ2n) is 4.20. The van der Waals surface area contributed by atoms with Crippen molar-refractivity contribution in [3.05, 3.63) is 65.7 Å². The van der Waals surface area contributed by atoms with Gasteiger partial charge in [0.15, 0.2) is 5.78 Å². The van der Waals surface area contributed by atoms with Gasteiger partial charge in [-0.25, -0.2) is 0 Å². The number of rotatable bonds is 5. The molecule has 0 aliphatic heterocycles. The summed E-state index contributed by atoms with van der Waals surface area (Å²) in [6.07, 6.45) is 2.90. The quantitative estimate of drug-likeness (QED) is 0.671. The summed E-state index contributed by atoms with van der Waals surface area (Å²) in [5.41, 5.74) is 1.04. The highest BCUT2D eigenvalue weighted by Gasteiger charge is 2.04. The lowest BCUT2D eigenvalue weighted by atomic mass is 10.1. The Balaban J connectivity index is 2.05. The number of ketones is 1. The van der Waals surface area contributed by atoms with E-state index in [9.17, 15) is 18.7 Å². The number of benzene rings is 2. The third-order valence-corrected chi connectivity index (χ3v) is 2.66. The van der Waals surface area contributed by atoms with Gasteiger partial charge in [0, 0.05) is 5.56 Å². The molecule has 5 heteroatoms. The van der Waals surface area contributed by atoms with Gasteiger partial charge >= 0.3 is 6.61 Å². The number of phenolic OH excluding ortho intramolecular Hbond substituents is 1. The van der Waals surface area contributed by atoms with E-state index in [0.717, 1.165) is 0 Å². The normalized spacial score (nSPS) is 11.0. The fourth-order valence-electron chi connectivity index (χ4n) is 1.69. The molecule has 21 heavy (non-hydrogen) atoms. The van der Waals surface area contributed by atoms with Gasteiger partial charge in [0.2, 0.25) is 0 Å². The highest BCUT2D eigenvalue weighted by atomic mass is 19.3. The summed E-state index contributed by atoms with van der Waals surface area (Å²) < 4.78 is 28.2. The van der Waals surface area contributed by atoms with Crippen LogP contribution in [0.5, 0.6) is 11.5 Å². The van der Waals surface area contributed by atoms with Crippen molar-refractivity contribution in [2.45, 2.75) is 6.61 Å². The smallest absolute Gasteiger partial charge is 0.387 e. The van der Waals surface area contributed by atoms with Gasteiger partial charge in [0.25, 0.3) is 0 Å². The van der Waals surface area contributed by atoms with Crippen LogP contribution in [0.2, 0.25) is 0 Å². The van der Waals surface area contributed by atoms with E-state index in [1.807, 2.05) is 0 Å². The SMILES string of the molecule is O=C(/C=C/c1ccc(OC(F)F)cc1)c1cccc(O)c1. The Labute approximate surface area is 120 Å². The van der Waals surface area contributed by atoms with Crippen molar-refractivity contribution in [1.82, 2.24) is 0 Å². The molecule has 0 saturated heterocycles. The average Bonchev–Trinajstić information content (AvgIpc) is 2.45. The third kappa shape index (κ3) is 4.42. The van der Waals surface area contributed by atoms with Crippen molar-refractivity contribution in [2.24, 2.45) is 0 Å². The summed E-state index contributed by atoms with van der Waals surface area (Å²) in [5, 5.41) is 9.30. The largest absolute Gasteiger partial charge is 0.508 e. The molecule has 0 saturated carbocycles. The Morgan fingerprint density at radius 1 is 1.14 bits per heavy atom. The minimum absolute atomic E-state index is 0.0164. The van der Waals surface area contributed by atoms with Crippen LogP contribution in [-0.2, 0) is 0 Å². The number of carbonyl (C=O) groups excluding carboxylic acids is 1. The predicted molar refractivity (Wildman–Crippen MR) is 74.5 cm³/mol. The molecule has 3 nitrogen and oxygen atoms in total. The highest BCUT2D eigenvalue weighted by molar-refractivity contribution is 6.07. The molecule has 2 aromatic carbocycles. The zero-order chi connectivity index (χ0) is 15.2. The summed E-state index contributed by atoms with van der Waals surface area (Å²) >= 11 is 0. The summed E-state index contributed by atoms with van der Waals surface area (Å²) in [6, 6.07) is 11.9. The van der Waals surface area contributed by atoms with Crippen LogP contribution in [0.15, 0.2) is 54.6 Å². The van der Waals surface area contributed by atoms with Gasteiger partial charge in [-0.15, -0.1) is 0 Å². The molecule has 0 aromatic heterocycles. The molecule has 0 bridgehead atoms. The van der Waals surface area contributed by atoms with Gasteiger partial charge in [-0.3, -0.25) is 4.79 Å². The predicted octanol–water partition coefficient (Wildman–Crippen LogP) is 3.89. The van der Waals surface area contributed by atoms with E-state index < -0.39 is 6.61 Å². The minimum Gasteiger partial charge on any atom is -0.508 e. The molecule has 0 unspecified atom stereocenters. The van der Waals surface area contributed by atoms with E-state index in [0.29, 0.717) is 11.1 Å². The van der Waals surface area contributed by atoms with Gasteiger partial charge in [0.1, 0.15) is 11.5 Å². The number of alkyl halides is 2. The lowest BCUT2D eigenvalue weighted by molar-refractivity contribution is -0.0498. The van der Waals surface area contributed by atoms with Gasteiger partial charge in [0.05, 0.1) is 0 Å². The lowest BCUT2D eigenvalue weighted by Crippen LogP contribution is -2.01. The molecule has 0 heterocycles. The van der Waals surface area contributed by atoms with Crippen molar-refractivity contribution in [1.29, 1.82) is 0 Å². The maximum atomic E-state index is 12.0. The van der Waals surface area contributed by atoms with Crippen LogP contribution in [0, 0.1) is 0 Å². The standard InChI is InChI=1S/C16H12F2O3/c17-16(18)21-14-7-4-11(5-8-14)6-9-15(20)12-2-1-3-13(19)10-12/h1-10,16,19H/b9-6+. The van der Waals surface area contributed by atoms with E-state index >= 15 is 0 Å². The van der Waals surface area contributed by atoms with Crippen molar-refractivity contribution >= 4 is 11.9 Å². The number of ether oxygens (including phenoxy) is 1. The van der Waals surface area contributed by atoms with Crippen molar-refractivity contribution < 1.29 is 23.4 Å². The summed E-state index contributed by atoms with van der Waals surface area (Å²) in [7, 11) is 0. The average molecular weight is 290 g/mol. The molecule has 0 aliphatic rings. The van der Waals surface area contributed by atoms with Crippen molar-refractivity contribution in [3.63, 3.8) is 0 Å². The minimum atomic E-state index is -2.86. The highest BCUT2D eigenvalue weighted by Crippen LogP contribution is 2.16. The molecule has 2 rings (SSSR count). The van der Waals surface area contributed by atoms with Gasteiger partial charge in [-0.1, -0.05) is 30.3 Å². The summed E-state index contributed by atoms with van der Waals surface area (Å²) in [6.45, 7) is -2.86. The molecule has 2 aromatic rings.